The van der Waals surface area contributed by atoms with Crippen LogP contribution in [-0.4, -0.2) is 19.4 Å². The van der Waals surface area contributed by atoms with E-state index in [0.29, 0.717) is 5.69 Å². The minimum Gasteiger partial charge on any atom is -0.506 e. The van der Waals surface area contributed by atoms with Crippen LogP contribution in [0.5, 0.6) is 5.75 Å². The van der Waals surface area contributed by atoms with Crippen LogP contribution >= 0.6 is 0 Å². The fourth-order valence-electron chi connectivity index (χ4n) is 2.45. The lowest BCUT2D eigenvalue weighted by molar-refractivity contribution is 0.102. The first-order valence-corrected chi connectivity index (χ1v) is 9.62. The molecule has 3 aromatic carbocycles. The van der Waals surface area contributed by atoms with Gasteiger partial charge in [-0.3, -0.25) is 9.52 Å². The van der Waals surface area contributed by atoms with Crippen LogP contribution < -0.4 is 10.0 Å². The van der Waals surface area contributed by atoms with Gasteiger partial charge in [-0.05, 0) is 61.0 Å². The molecule has 0 aliphatic heterocycles. The molecule has 27 heavy (non-hydrogen) atoms. The van der Waals surface area contributed by atoms with Crippen molar-refractivity contribution in [1.29, 1.82) is 0 Å². The van der Waals surface area contributed by atoms with Crippen molar-refractivity contribution in [1.82, 2.24) is 0 Å². The monoisotopic (exact) mass is 382 g/mol. The number of para-hydroxylation sites is 1. The highest BCUT2D eigenvalue weighted by Gasteiger charge is 2.15. The zero-order valence-electron chi connectivity index (χ0n) is 14.5. The number of benzene rings is 3. The molecular weight excluding hydrogens is 364 g/mol. The number of amides is 1. The van der Waals surface area contributed by atoms with Crippen LogP contribution in [0.2, 0.25) is 0 Å². The van der Waals surface area contributed by atoms with Crippen LogP contribution in [0.4, 0.5) is 11.4 Å². The van der Waals surface area contributed by atoms with Crippen LogP contribution in [0.25, 0.3) is 0 Å². The molecule has 138 valence electrons. The lowest BCUT2D eigenvalue weighted by atomic mass is 10.2. The molecule has 7 heteroatoms. The smallest absolute Gasteiger partial charge is 0.261 e. The van der Waals surface area contributed by atoms with Crippen molar-refractivity contribution >= 4 is 27.3 Å². The van der Waals surface area contributed by atoms with E-state index in [2.05, 4.69) is 10.0 Å². The highest BCUT2D eigenvalue weighted by Crippen LogP contribution is 2.24. The van der Waals surface area contributed by atoms with Gasteiger partial charge in [-0.1, -0.05) is 24.3 Å². The average molecular weight is 382 g/mol. The number of hydrogen-bond acceptors (Lipinski definition) is 4. The van der Waals surface area contributed by atoms with E-state index in [1.54, 1.807) is 48.5 Å². The molecule has 3 N–H and O–H groups in total. The van der Waals surface area contributed by atoms with Crippen molar-refractivity contribution in [2.75, 3.05) is 10.0 Å². The molecule has 0 aliphatic carbocycles. The number of carbonyl (C=O) groups excluding carboxylic acids is 1. The highest BCUT2D eigenvalue weighted by molar-refractivity contribution is 7.92. The van der Waals surface area contributed by atoms with Gasteiger partial charge in [0.15, 0.2) is 0 Å². The number of nitrogens with one attached hydrogen (secondary N) is 2. The number of sulfonamides is 1. The Kier molecular flexibility index (Phi) is 5.14. The number of carbonyl (C=O) groups is 1. The topological polar surface area (TPSA) is 95.5 Å². The van der Waals surface area contributed by atoms with Gasteiger partial charge in [0.25, 0.3) is 15.9 Å². The van der Waals surface area contributed by atoms with Crippen molar-refractivity contribution in [2.24, 2.45) is 0 Å². The SMILES string of the molecule is Cc1ccc(NC(=O)c2ccc(S(=O)(=O)Nc3ccccc3)cc2)c(O)c1. The first-order chi connectivity index (χ1) is 12.8. The van der Waals surface area contributed by atoms with Gasteiger partial charge in [0, 0.05) is 11.3 Å². The predicted molar refractivity (Wildman–Crippen MR) is 104 cm³/mol. The summed E-state index contributed by atoms with van der Waals surface area (Å²) in [7, 11) is -3.75. The van der Waals surface area contributed by atoms with E-state index in [1.165, 1.54) is 24.3 Å². The van der Waals surface area contributed by atoms with E-state index in [9.17, 15) is 18.3 Å². The Balaban J connectivity index is 1.75. The summed E-state index contributed by atoms with van der Waals surface area (Å²) < 4.78 is 27.3. The molecule has 0 fully saturated rings. The minimum absolute atomic E-state index is 0.0328. The summed E-state index contributed by atoms with van der Waals surface area (Å²) in [6.45, 7) is 1.83. The Labute approximate surface area is 157 Å². The second-order valence-electron chi connectivity index (χ2n) is 5.97. The van der Waals surface area contributed by atoms with Gasteiger partial charge in [-0.2, -0.15) is 0 Å². The quantitative estimate of drug-likeness (QED) is 0.586. The van der Waals surface area contributed by atoms with Gasteiger partial charge in [0.2, 0.25) is 0 Å². The number of anilines is 2. The fraction of sp³-hybridized carbons (Fsp3) is 0.0500. The molecule has 0 bridgehead atoms. The van der Waals surface area contributed by atoms with Gasteiger partial charge in [0.1, 0.15) is 5.75 Å². The lowest BCUT2D eigenvalue weighted by Gasteiger charge is -2.10. The fourth-order valence-corrected chi connectivity index (χ4v) is 3.51. The predicted octanol–water partition coefficient (Wildman–Crippen LogP) is 3.75. The molecular formula is C20H18N2O4S. The molecule has 6 nitrogen and oxygen atoms in total. The number of phenols is 1. The lowest BCUT2D eigenvalue weighted by Crippen LogP contribution is -2.14. The average Bonchev–Trinajstić information content (AvgIpc) is 2.64. The standard InChI is InChI=1S/C20H18N2O4S/c1-14-7-12-18(19(23)13-14)21-20(24)15-8-10-17(11-9-15)27(25,26)22-16-5-3-2-4-6-16/h2-13,22-23H,1H3,(H,21,24). The molecule has 3 rings (SSSR count). The van der Waals surface area contributed by atoms with Crippen molar-refractivity contribution < 1.29 is 18.3 Å². The van der Waals surface area contributed by atoms with Crippen LogP contribution in [-0.2, 0) is 10.0 Å². The van der Waals surface area contributed by atoms with Crippen LogP contribution in [0.3, 0.4) is 0 Å². The van der Waals surface area contributed by atoms with Crippen LogP contribution in [0.1, 0.15) is 15.9 Å². The first-order valence-electron chi connectivity index (χ1n) is 8.14. The number of aromatic hydroxyl groups is 1. The maximum absolute atomic E-state index is 12.4. The molecule has 0 saturated heterocycles. The van der Waals surface area contributed by atoms with Gasteiger partial charge in [0.05, 0.1) is 10.6 Å². The molecule has 1 amide bonds. The molecule has 0 radical (unpaired) electrons. The number of phenolic OH excluding ortho intramolecular Hbond substituents is 1. The van der Waals surface area contributed by atoms with Gasteiger partial charge in [-0.15, -0.1) is 0 Å². The molecule has 0 unspecified atom stereocenters. The largest absolute Gasteiger partial charge is 0.506 e. The van der Waals surface area contributed by atoms with Crippen LogP contribution in [0, 0.1) is 6.92 Å². The van der Waals surface area contributed by atoms with E-state index >= 15 is 0 Å². The molecule has 0 saturated carbocycles. The Hall–Kier alpha value is -3.32. The first kappa shape index (κ1) is 18.5. The number of rotatable bonds is 5. The van der Waals surface area contributed by atoms with Crippen molar-refractivity contribution in [2.45, 2.75) is 11.8 Å². The van der Waals surface area contributed by atoms with E-state index in [-0.39, 0.29) is 21.9 Å². The third-order valence-corrected chi connectivity index (χ3v) is 5.25. The third-order valence-electron chi connectivity index (χ3n) is 3.85. The zero-order chi connectivity index (χ0) is 19.4. The Morgan fingerprint density at radius 2 is 1.59 bits per heavy atom. The summed E-state index contributed by atoms with van der Waals surface area (Å²) in [6, 6.07) is 19.0. The molecule has 3 aromatic rings. The minimum atomic E-state index is -3.75. The third kappa shape index (κ3) is 4.45. The van der Waals surface area contributed by atoms with Crippen molar-refractivity contribution in [3.8, 4) is 5.75 Å². The van der Waals surface area contributed by atoms with Gasteiger partial charge < -0.3 is 10.4 Å². The van der Waals surface area contributed by atoms with Gasteiger partial charge >= 0.3 is 0 Å². The van der Waals surface area contributed by atoms with Crippen molar-refractivity contribution in [3.05, 3.63) is 83.9 Å². The second kappa shape index (κ2) is 7.51. The van der Waals surface area contributed by atoms with E-state index in [0.717, 1.165) is 5.56 Å². The molecule has 0 aliphatic rings. The summed E-state index contributed by atoms with van der Waals surface area (Å²) in [5.74, 6) is -0.483. The molecule has 0 aromatic heterocycles. The Morgan fingerprint density at radius 1 is 0.926 bits per heavy atom. The number of aryl methyl sites for hydroxylation is 1. The second-order valence-corrected chi connectivity index (χ2v) is 7.65. The molecule has 0 spiro atoms. The highest BCUT2D eigenvalue weighted by atomic mass is 32.2. The van der Waals surface area contributed by atoms with E-state index in [4.69, 9.17) is 0 Å². The number of hydrogen-bond donors (Lipinski definition) is 3. The molecule has 0 atom stereocenters. The maximum Gasteiger partial charge on any atom is 0.261 e. The van der Waals surface area contributed by atoms with E-state index in [1.807, 2.05) is 6.92 Å². The Morgan fingerprint density at radius 3 is 2.22 bits per heavy atom. The van der Waals surface area contributed by atoms with Gasteiger partial charge in [-0.25, -0.2) is 8.42 Å². The summed E-state index contributed by atoms with van der Waals surface area (Å²) in [6.07, 6.45) is 0. The summed E-state index contributed by atoms with van der Waals surface area (Å²) in [5, 5.41) is 12.5. The summed E-state index contributed by atoms with van der Waals surface area (Å²) in [5.41, 5.74) is 1.88. The Bertz CT molecular complexity index is 1060. The van der Waals surface area contributed by atoms with E-state index < -0.39 is 15.9 Å². The summed E-state index contributed by atoms with van der Waals surface area (Å²) >= 11 is 0. The zero-order valence-corrected chi connectivity index (χ0v) is 15.3. The maximum atomic E-state index is 12.4. The summed E-state index contributed by atoms with van der Waals surface area (Å²) in [4.78, 5) is 12.4. The normalized spacial score (nSPS) is 11.0. The van der Waals surface area contributed by atoms with Crippen LogP contribution in [0.15, 0.2) is 77.7 Å². The molecule has 0 heterocycles. The van der Waals surface area contributed by atoms with Crippen molar-refractivity contribution in [3.63, 3.8) is 0 Å².